The lowest BCUT2D eigenvalue weighted by Gasteiger charge is -2.44. The first-order valence-corrected chi connectivity index (χ1v) is 10.6. The van der Waals surface area contributed by atoms with Gasteiger partial charge in [0, 0.05) is 45.7 Å². The summed E-state index contributed by atoms with van der Waals surface area (Å²) >= 11 is 0.859. The Morgan fingerprint density at radius 1 is 0.939 bits per heavy atom. The van der Waals surface area contributed by atoms with Gasteiger partial charge in [0.25, 0.3) is 0 Å². The van der Waals surface area contributed by atoms with Crippen molar-refractivity contribution in [2.24, 2.45) is 5.16 Å². The Bertz CT molecular complexity index is 894. The number of pyridine rings is 1. The normalized spacial score (nSPS) is 25.0. The summed E-state index contributed by atoms with van der Waals surface area (Å²) in [5, 5.41) is 12.9. The number of thioether (sulfide) groups is 1. The fourth-order valence-electron chi connectivity index (χ4n) is 3.04. The van der Waals surface area contributed by atoms with Crippen molar-refractivity contribution >= 4 is 40.7 Å². The maximum absolute atomic E-state index is 11.8. The van der Waals surface area contributed by atoms with Gasteiger partial charge in [0.1, 0.15) is 17.8 Å². The Morgan fingerprint density at radius 3 is 2.00 bits per heavy atom. The summed E-state index contributed by atoms with van der Waals surface area (Å²) in [5.74, 6) is -2.81. The molecule has 33 heavy (non-hydrogen) atoms. The molecule has 1 N–H and O–H groups in total. The topological polar surface area (TPSA) is 160 Å². The summed E-state index contributed by atoms with van der Waals surface area (Å²) in [6.45, 7) is 4.24. The number of nitrogens with zero attached hydrogens (tertiary/aromatic N) is 2. The van der Waals surface area contributed by atoms with Crippen molar-refractivity contribution in [3.63, 3.8) is 0 Å². The highest BCUT2D eigenvalue weighted by molar-refractivity contribution is 8.14. The second-order valence-corrected chi connectivity index (χ2v) is 7.91. The van der Waals surface area contributed by atoms with Gasteiger partial charge in [-0.3, -0.25) is 24.2 Å². The fraction of sp³-hybridized carbons (Fsp3) is 0.500. The van der Waals surface area contributed by atoms with Crippen LogP contribution in [0.5, 0.6) is 0 Å². The van der Waals surface area contributed by atoms with Gasteiger partial charge in [-0.2, -0.15) is 0 Å². The molecule has 180 valence electrons. The molecule has 12 nitrogen and oxygen atoms in total. The molecule has 0 unspecified atom stereocenters. The van der Waals surface area contributed by atoms with Crippen LogP contribution in [0, 0.1) is 0 Å². The molecule has 0 radical (unpaired) electrons. The summed E-state index contributed by atoms with van der Waals surface area (Å²) in [5.41, 5.74) is -0.630. The first-order valence-electron chi connectivity index (χ1n) is 9.72. The lowest BCUT2D eigenvalue weighted by atomic mass is 9.99. The lowest BCUT2D eigenvalue weighted by molar-refractivity contribution is -0.237. The van der Waals surface area contributed by atoms with Gasteiger partial charge in [-0.15, -0.1) is 0 Å². The highest BCUT2D eigenvalue weighted by Gasteiger charge is 2.52. The van der Waals surface area contributed by atoms with Crippen molar-refractivity contribution in [2.75, 3.05) is 6.61 Å². The first kappa shape index (κ1) is 26.1. The number of carbonyl (C=O) groups is 4. The Labute approximate surface area is 193 Å². The first-order chi connectivity index (χ1) is 15.6. The molecule has 0 spiro atoms. The van der Waals surface area contributed by atoms with Gasteiger partial charge in [0.05, 0.1) is 0 Å². The summed E-state index contributed by atoms with van der Waals surface area (Å²) in [6.07, 6.45) is -1.97. The van der Waals surface area contributed by atoms with Gasteiger partial charge in [-0.25, -0.2) is 0 Å². The zero-order valence-corrected chi connectivity index (χ0v) is 19.1. The Kier molecular flexibility index (Phi) is 9.60. The SMILES string of the molecule is CC(=O)OC[C@H]1O[C@@H](S/C(=N/O)c2ccncc2)[C@H](OC(C)=O)[C@@H](OC(C)=O)[C@@H]1OC(C)=O. The van der Waals surface area contributed by atoms with Crippen molar-refractivity contribution in [3.05, 3.63) is 30.1 Å². The molecule has 1 fully saturated rings. The van der Waals surface area contributed by atoms with E-state index in [1.165, 1.54) is 19.3 Å². The number of hydrogen-bond acceptors (Lipinski definition) is 13. The van der Waals surface area contributed by atoms with Crippen LogP contribution in [0.4, 0.5) is 0 Å². The molecule has 1 aromatic rings. The number of hydrogen-bond donors (Lipinski definition) is 1. The molecule has 1 saturated heterocycles. The van der Waals surface area contributed by atoms with Crippen molar-refractivity contribution < 1.29 is 48.1 Å². The van der Waals surface area contributed by atoms with E-state index in [4.69, 9.17) is 23.7 Å². The quantitative estimate of drug-likeness (QED) is 0.146. The van der Waals surface area contributed by atoms with Gasteiger partial charge in [-0.05, 0) is 12.1 Å². The zero-order chi connectivity index (χ0) is 24.5. The third-order valence-electron chi connectivity index (χ3n) is 4.19. The number of carbonyl (C=O) groups excluding carboxylic acids is 4. The second-order valence-electron chi connectivity index (χ2n) is 6.83. The molecular weight excluding hydrogens is 460 g/mol. The van der Waals surface area contributed by atoms with E-state index in [0.29, 0.717) is 5.56 Å². The van der Waals surface area contributed by atoms with Crippen molar-refractivity contribution in [2.45, 2.75) is 57.5 Å². The van der Waals surface area contributed by atoms with E-state index in [1.807, 2.05) is 0 Å². The van der Waals surface area contributed by atoms with Crippen LogP contribution < -0.4 is 0 Å². The molecule has 1 aromatic heterocycles. The minimum atomic E-state index is -1.31. The van der Waals surface area contributed by atoms with Gasteiger partial charge in [0.15, 0.2) is 23.7 Å². The second kappa shape index (κ2) is 12.2. The molecule has 0 amide bonds. The van der Waals surface area contributed by atoms with Crippen LogP contribution in [0.25, 0.3) is 0 Å². The van der Waals surface area contributed by atoms with E-state index < -0.39 is 53.7 Å². The fourth-order valence-corrected chi connectivity index (χ4v) is 4.12. The monoisotopic (exact) mass is 484 g/mol. The van der Waals surface area contributed by atoms with E-state index in [9.17, 15) is 24.4 Å². The van der Waals surface area contributed by atoms with E-state index in [2.05, 4.69) is 10.1 Å². The summed E-state index contributed by atoms with van der Waals surface area (Å²) in [4.78, 5) is 50.7. The van der Waals surface area contributed by atoms with E-state index in [-0.39, 0.29) is 11.7 Å². The van der Waals surface area contributed by atoms with Gasteiger partial charge in [0.2, 0.25) is 0 Å². The summed E-state index contributed by atoms with van der Waals surface area (Å²) in [7, 11) is 0. The van der Waals surface area contributed by atoms with Gasteiger partial charge in [-0.1, -0.05) is 16.9 Å². The van der Waals surface area contributed by atoms with Crippen LogP contribution in [0.3, 0.4) is 0 Å². The number of oxime groups is 1. The van der Waals surface area contributed by atoms with Gasteiger partial charge >= 0.3 is 23.9 Å². The highest BCUT2D eigenvalue weighted by atomic mass is 32.2. The van der Waals surface area contributed by atoms with Crippen LogP contribution in [0.15, 0.2) is 29.7 Å². The Hall–Kier alpha value is -3.19. The Balaban J connectivity index is 2.47. The number of esters is 4. The van der Waals surface area contributed by atoms with Crippen LogP contribution >= 0.6 is 11.8 Å². The third-order valence-corrected chi connectivity index (χ3v) is 5.35. The molecule has 13 heteroatoms. The van der Waals surface area contributed by atoms with E-state index >= 15 is 0 Å². The van der Waals surface area contributed by atoms with Gasteiger partial charge < -0.3 is 28.9 Å². The third kappa shape index (κ3) is 7.71. The molecule has 2 heterocycles. The van der Waals surface area contributed by atoms with Crippen LogP contribution in [0.1, 0.15) is 33.3 Å². The predicted molar refractivity (Wildman–Crippen MR) is 112 cm³/mol. The van der Waals surface area contributed by atoms with Crippen LogP contribution in [-0.2, 0) is 42.9 Å². The maximum atomic E-state index is 11.8. The smallest absolute Gasteiger partial charge is 0.303 e. The lowest BCUT2D eigenvalue weighted by Crippen LogP contribution is -2.61. The number of rotatable bonds is 7. The molecule has 0 saturated carbocycles. The van der Waals surface area contributed by atoms with E-state index in [1.54, 1.807) is 12.1 Å². The maximum Gasteiger partial charge on any atom is 0.303 e. The molecule has 0 bridgehead atoms. The summed E-state index contributed by atoms with van der Waals surface area (Å²) in [6, 6.07) is 3.15. The van der Waals surface area contributed by atoms with Crippen molar-refractivity contribution in [1.29, 1.82) is 0 Å². The van der Waals surface area contributed by atoms with Crippen molar-refractivity contribution in [3.8, 4) is 0 Å². The van der Waals surface area contributed by atoms with Crippen LogP contribution in [0.2, 0.25) is 0 Å². The van der Waals surface area contributed by atoms with Crippen LogP contribution in [-0.4, -0.2) is 75.6 Å². The minimum Gasteiger partial charge on any atom is -0.463 e. The standard InChI is InChI=1S/C20H24N2O10S/c1-10(23)28-9-15-16(29-11(2)24)17(30-12(3)25)18(31-13(4)26)20(32-15)33-19(22-27)14-5-7-21-8-6-14/h5-8,15-18,20,27H,9H2,1-4H3/b22-19+/t15-,16-,17+,18-,20+/m1/s1. The largest absolute Gasteiger partial charge is 0.463 e. The van der Waals surface area contributed by atoms with Crippen molar-refractivity contribution in [1.82, 2.24) is 4.98 Å². The average Bonchev–Trinajstić information content (AvgIpc) is 2.74. The molecule has 1 aliphatic heterocycles. The molecular formula is C20H24N2O10S. The van der Waals surface area contributed by atoms with E-state index in [0.717, 1.165) is 32.5 Å². The molecule has 2 rings (SSSR count). The molecule has 1 aliphatic rings. The highest BCUT2D eigenvalue weighted by Crippen LogP contribution is 2.36. The Morgan fingerprint density at radius 2 is 1.48 bits per heavy atom. The molecule has 0 aliphatic carbocycles. The molecule has 0 aromatic carbocycles. The molecule has 5 atom stereocenters. The average molecular weight is 484 g/mol. The minimum absolute atomic E-state index is 0.0818. The number of aromatic nitrogens is 1. The zero-order valence-electron chi connectivity index (χ0n) is 18.3. The number of ether oxygens (including phenoxy) is 5. The summed E-state index contributed by atoms with van der Waals surface area (Å²) < 4.78 is 27.0. The predicted octanol–water partition coefficient (Wildman–Crippen LogP) is 1.03.